The number of nitrogens with two attached hydrogens (primary N) is 1. The molecule has 0 unspecified atom stereocenters. The van der Waals surface area contributed by atoms with Crippen LogP contribution in [0.25, 0.3) is 0 Å². The molecule has 1 aliphatic carbocycles. The molecule has 0 aromatic carbocycles. The molecule has 0 aliphatic heterocycles. The fourth-order valence-electron chi connectivity index (χ4n) is 2.08. The molecule has 14 heavy (non-hydrogen) atoms. The van der Waals surface area contributed by atoms with Crippen molar-refractivity contribution in [2.45, 2.75) is 44.6 Å². The fraction of sp³-hybridized carbons (Fsp3) is 0.800. The van der Waals surface area contributed by atoms with Crippen LogP contribution in [0, 0.1) is 0 Å². The minimum absolute atomic E-state index is 0.586. The van der Waals surface area contributed by atoms with E-state index in [1.54, 1.807) is 0 Å². The van der Waals surface area contributed by atoms with E-state index in [4.69, 9.17) is 5.73 Å². The first kappa shape index (κ1) is 9.65. The zero-order chi connectivity index (χ0) is 9.80. The van der Waals surface area contributed by atoms with Gasteiger partial charge in [0.2, 0.25) is 0 Å². The lowest BCUT2D eigenvalue weighted by atomic mass is 9.96. The lowest BCUT2D eigenvalue weighted by Gasteiger charge is -2.21. The molecule has 78 valence electrons. The van der Waals surface area contributed by atoms with Crippen molar-refractivity contribution in [2.75, 3.05) is 6.54 Å². The maximum absolute atomic E-state index is 5.46. The maximum atomic E-state index is 5.46. The highest BCUT2D eigenvalue weighted by molar-refractivity contribution is 4.84. The van der Waals surface area contributed by atoms with E-state index in [2.05, 4.69) is 10.1 Å². The zero-order valence-corrected chi connectivity index (χ0v) is 8.52. The topological polar surface area (TPSA) is 56.7 Å². The summed E-state index contributed by atoms with van der Waals surface area (Å²) >= 11 is 0. The minimum atomic E-state index is 0.586. The Morgan fingerprint density at radius 1 is 1.36 bits per heavy atom. The average Bonchev–Trinajstić information content (AvgIpc) is 2.68. The van der Waals surface area contributed by atoms with Crippen LogP contribution < -0.4 is 5.73 Å². The lowest BCUT2D eigenvalue weighted by molar-refractivity contribution is 0.327. The van der Waals surface area contributed by atoms with E-state index < -0.39 is 0 Å². The fourth-order valence-corrected chi connectivity index (χ4v) is 2.08. The van der Waals surface area contributed by atoms with Crippen LogP contribution in [0.4, 0.5) is 0 Å². The van der Waals surface area contributed by atoms with Crippen LogP contribution in [0.5, 0.6) is 0 Å². The third-order valence-corrected chi connectivity index (χ3v) is 2.87. The second-order valence-corrected chi connectivity index (χ2v) is 3.97. The predicted octanol–water partition coefficient (Wildman–Crippen LogP) is 1.28. The summed E-state index contributed by atoms with van der Waals surface area (Å²) in [4.78, 5) is 4.25. The summed E-state index contributed by atoms with van der Waals surface area (Å²) in [6.45, 7) is 0.634. The van der Waals surface area contributed by atoms with Gasteiger partial charge in [-0.15, -0.1) is 0 Å². The third-order valence-electron chi connectivity index (χ3n) is 2.87. The SMILES string of the molecule is NCCc1ncn(C2CCCCC2)n1. The van der Waals surface area contributed by atoms with E-state index in [0.717, 1.165) is 12.2 Å². The van der Waals surface area contributed by atoms with Crippen LogP contribution >= 0.6 is 0 Å². The van der Waals surface area contributed by atoms with E-state index in [1.165, 1.54) is 32.1 Å². The highest BCUT2D eigenvalue weighted by atomic mass is 15.3. The molecule has 0 bridgehead atoms. The number of hydrogen-bond acceptors (Lipinski definition) is 3. The number of hydrogen-bond donors (Lipinski definition) is 1. The van der Waals surface area contributed by atoms with Crippen molar-refractivity contribution in [1.82, 2.24) is 14.8 Å². The first-order chi connectivity index (χ1) is 6.90. The Balaban J connectivity index is 2.00. The van der Waals surface area contributed by atoms with Gasteiger partial charge in [-0.3, -0.25) is 0 Å². The molecule has 1 aromatic rings. The molecule has 4 nitrogen and oxygen atoms in total. The molecule has 4 heteroatoms. The van der Waals surface area contributed by atoms with E-state index in [9.17, 15) is 0 Å². The van der Waals surface area contributed by atoms with E-state index >= 15 is 0 Å². The van der Waals surface area contributed by atoms with Gasteiger partial charge in [-0.25, -0.2) is 9.67 Å². The van der Waals surface area contributed by atoms with Crippen LogP contribution in [0.2, 0.25) is 0 Å². The first-order valence-electron chi connectivity index (χ1n) is 5.50. The van der Waals surface area contributed by atoms with Crippen molar-refractivity contribution in [3.05, 3.63) is 12.2 Å². The van der Waals surface area contributed by atoms with Crippen molar-refractivity contribution >= 4 is 0 Å². The Morgan fingerprint density at radius 3 is 2.86 bits per heavy atom. The lowest BCUT2D eigenvalue weighted by Crippen LogP contribution is -2.14. The second-order valence-electron chi connectivity index (χ2n) is 3.97. The van der Waals surface area contributed by atoms with E-state index in [1.807, 2.05) is 11.0 Å². The Kier molecular flexibility index (Phi) is 3.14. The van der Waals surface area contributed by atoms with Gasteiger partial charge >= 0.3 is 0 Å². The summed E-state index contributed by atoms with van der Waals surface area (Å²) in [7, 11) is 0. The van der Waals surface area contributed by atoms with Crippen LogP contribution in [-0.4, -0.2) is 21.3 Å². The molecule has 1 aromatic heterocycles. The second kappa shape index (κ2) is 4.55. The molecule has 1 heterocycles. The highest BCUT2D eigenvalue weighted by Crippen LogP contribution is 2.26. The van der Waals surface area contributed by atoms with Gasteiger partial charge in [0.1, 0.15) is 6.33 Å². The smallest absolute Gasteiger partial charge is 0.151 e. The molecular weight excluding hydrogens is 176 g/mol. The van der Waals surface area contributed by atoms with Crippen LogP contribution in [0.15, 0.2) is 6.33 Å². The van der Waals surface area contributed by atoms with Crippen LogP contribution in [0.1, 0.15) is 44.0 Å². The Labute approximate surface area is 84.5 Å². The van der Waals surface area contributed by atoms with E-state index in [0.29, 0.717) is 12.6 Å². The Morgan fingerprint density at radius 2 is 2.14 bits per heavy atom. The summed E-state index contributed by atoms with van der Waals surface area (Å²) in [6.07, 6.45) is 9.20. The average molecular weight is 194 g/mol. The first-order valence-corrected chi connectivity index (χ1v) is 5.50. The predicted molar refractivity (Wildman–Crippen MR) is 54.9 cm³/mol. The molecule has 1 fully saturated rings. The van der Waals surface area contributed by atoms with Gasteiger partial charge in [0, 0.05) is 6.42 Å². The van der Waals surface area contributed by atoms with Crippen molar-refractivity contribution in [3.63, 3.8) is 0 Å². The molecule has 1 aliphatic rings. The van der Waals surface area contributed by atoms with Gasteiger partial charge in [0.15, 0.2) is 5.82 Å². The van der Waals surface area contributed by atoms with Crippen molar-refractivity contribution in [3.8, 4) is 0 Å². The quantitative estimate of drug-likeness (QED) is 0.788. The Bertz CT molecular complexity index is 275. The third kappa shape index (κ3) is 2.12. The van der Waals surface area contributed by atoms with Gasteiger partial charge in [-0.05, 0) is 19.4 Å². The molecular formula is C10H18N4. The van der Waals surface area contributed by atoms with Gasteiger partial charge in [-0.1, -0.05) is 19.3 Å². The molecule has 2 rings (SSSR count). The monoisotopic (exact) mass is 194 g/mol. The van der Waals surface area contributed by atoms with Crippen LogP contribution in [0.3, 0.4) is 0 Å². The maximum Gasteiger partial charge on any atom is 0.151 e. The number of nitrogens with zero attached hydrogens (tertiary/aromatic N) is 3. The van der Waals surface area contributed by atoms with E-state index in [-0.39, 0.29) is 0 Å². The van der Waals surface area contributed by atoms with Crippen molar-refractivity contribution < 1.29 is 0 Å². The van der Waals surface area contributed by atoms with Crippen LogP contribution in [-0.2, 0) is 6.42 Å². The molecule has 0 amide bonds. The van der Waals surface area contributed by atoms with Gasteiger partial charge in [0.05, 0.1) is 6.04 Å². The van der Waals surface area contributed by atoms with Gasteiger partial charge in [0.25, 0.3) is 0 Å². The molecule has 0 atom stereocenters. The van der Waals surface area contributed by atoms with Crippen molar-refractivity contribution in [2.24, 2.45) is 5.73 Å². The molecule has 0 spiro atoms. The Hall–Kier alpha value is -0.900. The zero-order valence-electron chi connectivity index (χ0n) is 8.52. The molecule has 0 radical (unpaired) electrons. The van der Waals surface area contributed by atoms with Crippen molar-refractivity contribution in [1.29, 1.82) is 0 Å². The normalized spacial score (nSPS) is 18.6. The molecule has 2 N–H and O–H groups in total. The van der Waals surface area contributed by atoms with Gasteiger partial charge in [-0.2, -0.15) is 5.10 Å². The summed E-state index contributed by atoms with van der Waals surface area (Å²) in [6, 6.07) is 0.586. The largest absolute Gasteiger partial charge is 0.330 e. The number of rotatable bonds is 3. The number of aromatic nitrogens is 3. The molecule has 0 saturated heterocycles. The minimum Gasteiger partial charge on any atom is -0.330 e. The van der Waals surface area contributed by atoms with Gasteiger partial charge < -0.3 is 5.73 Å². The summed E-state index contributed by atoms with van der Waals surface area (Å²) < 4.78 is 2.03. The summed E-state index contributed by atoms with van der Waals surface area (Å²) in [5.41, 5.74) is 5.46. The standard InChI is InChI=1S/C10H18N4/c11-7-6-10-12-8-14(13-10)9-4-2-1-3-5-9/h8-9H,1-7,11H2. The highest BCUT2D eigenvalue weighted by Gasteiger charge is 2.16. The summed E-state index contributed by atoms with van der Waals surface area (Å²) in [5.74, 6) is 0.887. The molecule has 1 saturated carbocycles. The summed E-state index contributed by atoms with van der Waals surface area (Å²) in [5, 5.41) is 4.45.